The molecule has 59 heavy (non-hydrogen) atoms. The zero-order valence-corrected chi connectivity index (χ0v) is 32.6. The maximum absolute atomic E-state index is 13.6. The molecule has 2 aliphatic heterocycles. The van der Waals surface area contributed by atoms with Crippen molar-refractivity contribution in [3.63, 3.8) is 0 Å². The molecule has 2 aromatic rings. The highest BCUT2D eigenvalue weighted by Gasteiger charge is 2.71. The van der Waals surface area contributed by atoms with E-state index in [0.717, 1.165) is 40.1 Å². The van der Waals surface area contributed by atoms with E-state index in [1.165, 1.54) is 30.0 Å². The van der Waals surface area contributed by atoms with Gasteiger partial charge >= 0.3 is 30.8 Å². The quantitative estimate of drug-likeness (QED) is 0.310. The summed E-state index contributed by atoms with van der Waals surface area (Å²) in [5.41, 5.74) is -7.14. The number of ether oxygens (including phenoxy) is 1. The fourth-order valence-electron chi connectivity index (χ4n) is 7.33. The van der Waals surface area contributed by atoms with Crippen LogP contribution in [0.5, 0.6) is 0 Å². The second kappa shape index (κ2) is 15.7. The van der Waals surface area contributed by atoms with Gasteiger partial charge in [-0.25, -0.2) is 4.79 Å². The van der Waals surface area contributed by atoms with Crippen molar-refractivity contribution < 1.29 is 71.8 Å². The molecule has 4 aliphatic rings. The van der Waals surface area contributed by atoms with E-state index in [0.29, 0.717) is 5.56 Å². The molecule has 1 N–H and O–H groups in total. The fraction of sp³-hybridized carbons (Fsp3) is 0.615. The first-order valence-corrected chi connectivity index (χ1v) is 18.7. The molecule has 2 heterocycles. The van der Waals surface area contributed by atoms with Crippen molar-refractivity contribution in [3.8, 4) is 0 Å². The van der Waals surface area contributed by atoms with Gasteiger partial charge in [0.25, 0.3) is 0 Å². The molecular weight excluding hydrogens is 816 g/mol. The van der Waals surface area contributed by atoms with Gasteiger partial charge in [0.2, 0.25) is 11.8 Å². The molecule has 2 aromatic carbocycles. The number of alkyl halides is 12. The average Bonchev–Trinajstić information content (AvgIpc) is 4.04. The lowest BCUT2D eigenvalue weighted by Gasteiger charge is -2.46. The Balaban J connectivity index is 0.000000230. The fourth-order valence-corrected chi connectivity index (χ4v) is 7.33. The molecule has 4 fully saturated rings. The lowest BCUT2D eigenvalue weighted by atomic mass is 9.95. The van der Waals surface area contributed by atoms with E-state index >= 15 is 0 Å². The Hall–Kier alpha value is -4.23. The zero-order valence-electron chi connectivity index (χ0n) is 32.6. The van der Waals surface area contributed by atoms with Crippen LogP contribution in [0, 0.1) is 10.8 Å². The number of nitrogens with one attached hydrogen (secondary N) is 1. The van der Waals surface area contributed by atoms with Crippen LogP contribution in [-0.2, 0) is 26.7 Å². The Morgan fingerprint density at radius 3 is 1.49 bits per heavy atom. The Bertz CT molecular complexity index is 1880. The molecule has 2 saturated heterocycles. The van der Waals surface area contributed by atoms with E-state index in [-0.39, 0.29) is 57.4 Å². The summed E-state index contributed by atoms with van der Waals surface area (Å²) in [6.07, 6.45) is -20.5. The van der Waals surface area contributed by atoms with Crippen molar-refractivity contribution in [3.05, 3.63) is 70.8 Å². The van der Waals surface area contributed by atoms with Gasteiger partial charge in [-0.3, -0.25) is 14.5 Å². The van der Waals surface area contributed by atoms with Gasteiger partial charge in [0.05, 0.1) is 17.2 Å². The van der Waals surface area contributed by atoms with E-state index in [2.05, 4.69) is 5.32 Å². The minimum atomic E-state index is -4.72. The number of amides is 3. The highest BCUT2D eigenvalue weighted by molar-refractivity contribution is 5.87. The smallest absolute Gasteiger partial charge is 0.416 e. The monoisotopic (exact) mass is 860 g/mol. The number of nitrogens with zero attached hydrogens (tertiary/aromatic N) is 3. The highest BCUT2D eigenvalue weighted by atomic mass is 19.4. The maximum Gasteiger partial charge on any atom is 0.416 e. The Kier molecular flexibility index (Phi) is 12.2. The first kappa shape index (κ1) is 45.8. The average molecular weight is 861 g/mol. The van der Waals surface area contributed by atoms with E-state index in [1.807, 2.05) is 0 Å². The molecule has 0 bridgehead atoms. The van der Waals surface area contributed by atoms with Crippen LogP contribution in [0.2, 0.25) is 0 Å². The highest BCUT2D eigenvalue weighted by Crippen LogP contribution is 2.60. The summed E-state index contributed by atoms with van der Waals surface area (Å²) in [7, 11) is 0. The molecule has 6 rings (SSSR count). The third-order valence-electron chi connectivity index (χ3n) is 11.1. The normalized spacial score (nSPS) is 24.5. The SMILES string of the molecule is C[C@@H]1CN(C(=O)OC(C)(C)C)[C@@H](c2cccc(C(F)(F)F)c2)CN1C(=O)C1(C(F)(F)F)CC1.C[C@@H]1CNC(c2cccc(C(F)(F)F)c2)CN1C(=O)C1(C(F)(F)F)CC1. The summed E-state index contributed by atoms with van der Waals surface area (Å²) < 4.78 is 164. The Morgan fingerprint density at radius 2 is 1.07 bits per heavy atom. The topological polar surface area (TPSA) is 82.2 Å². The first-order valence-electron chi connectivity index (χ1n) is 18.7. The molecule has 4 atom stereocenters. The van der Waals surface area contributed by atoms with Crippen molar-refractivity contribution in [2.45, 2.75) is 115 Å². The molecule has 2 aliphatic carbocycles. The lowest BCUT2D eigenvalue weighted by molar-refractivity contribution is -0.202. The van der Waals surface area contributed by atoms with Gasteiger partial charge < -0.3 is 19.9 Å². The number of hydrogen-bond acceptors (Lipinski definition) is 5. The van der Waals surface area contributed by atoms with Crippen LogP contribution >= 0.6 is 0 Å². The van der Waals surface area contributed by atoms with E-state index in [1.54, 1.807) is 27.7 Å². The largest absolute Gasteiger partial charge is 0.444 e. The molecule has 3 amide bonds. The van der Waals surface area contributed by atoms with E-state index in [4.69, 9.17) is 4.74 Å². The number of piperazine rings is 2. The number of halogens is 12. The van der Waals surface area contributed by atoms with Crippen molar-refractivity contribution in [2.24, 2.45) is 10.8 Å². The second-order valence-electron chi connectivity index (χ2n) is 16.6. The zero-order chi connectivity index (χ0) is 44.3. The molecule has 2 saturated carbocycles. The molecule has 8 nitrogen and oxygen atoms in total. The minimum absolute atomic E-state index is 0.0530. The van der Waals surface area contributed by atoms with Gasteiger partial charge in [0, 0.05) is 44.3 Å². The molecular formula is C39H44F12N4O4. The van der Waals surface area contributed by atoms with Gasteiger partial charge in [0.1, 0.15) is 16.4 Å². The molecule has 0 radical (unpaired) electrons. The maximum atomic E-state index is 13.6. The minimum Gasteiger partial charge on any atom is -0.444 e. The van der Waals surface area contributed by atoms with Gasteiger partial charge in [-0.1, -0.05) is 24.3 Å². The molecule has 0 aromatic heterocycles. The van der Waals surface area contributed by atoms with Crippen LogP contribution < -0.4 is 5.32 Å². The third kappa shape index (κ3) is 9.72. The number of rotatable bonds is 4. The molecule has 20 heteroatoms. The number of carbonyl (C=O) groups is 3. The van der Waals surface area contributed by atoms with Crippen molar-refractivity contribution in [1.82, 2.24) is 20.0 Å². The number of carbonyl (C=O) groups excluding carboxylic acids is 3. The second-order valence-corrected chi connectivity index (χ2v) is 16.6. The predicted molar refractivity (Wildman–Crippen MR) is 187 cm³/mol. The van der Waals surface area contributed by atoms with Crippen LogP contribution in [0.4, 0.5) is 57.5 Å². The number of hydrogen-bond donors (Lipinski definition) is 1. The Labute approximate surface area is 332 Å². The van der Waals surface area contributed by atoms with Crippen LogP contribution in [-0.4, -0.2) is 88.8 Å². The Morgan fingerprint density at radius 1 is 0.627 bits per heavy atom. The van der Waals surface area contributed by atoms with E-state index in [9.17, 15) is 67.1 Å². The van der Waals surface area contributed by atoms with Crippen LogP contribution in [0.15, 0.2) is 48.5 Å². The van der Waals surface area contributed by atoms with Crippen LogP contribution in [0.1, 0.15) is 94.6 Å². The summed E-state index contributed by atoms with van der Waals surface area (Å²) in [6.45, 7) is 7.53. The van der Waals surface area contributed by atoms with Crippen LogP contribution in [0.3, 0.4) is 0 Å². The molecule has 0 spiro atoms. The summed E-state index contributed by atoms with van der Waals surface area (Å²) in [4.78, 5) is 41.7. The number of benzene rings is 2. The van der Waals surface area contributed by atoms with Gasteiger partial charge in [-0.2, -0.15) is 52.7 Å². The molecule has 328 valence electrons. The van der Waals surface area contributed by atoms with Crippen molar-refractivity contribution >= 4 is 17.9 Å². The molecule has 1 unspecified atom stereocenters. The summed E-state index contributed by atoms with van der Waals surface area (Å²) in [5.74, 6) is -2.08. The van der Waals surface area contributed by atoms with Crippen molar-refractivity contribution in [1.29, 1.82) is 0 Å². The summed E-state index contributed by atoms with van der Waals surface area (Å²) in [6, 6.07) is 5.83. The summed E-state index contributed by atoms with van der Waals surface area (Å²) in [5, 5.41) is 3.02. The van der Waals surface area contributed by atoms with Crippen molar-refractivity contribution in [2.75, 3.05) is 26.2 Å². The van der Waals surface area contributed by atoms with E-state index < -0.39 is 94.3 Å². The first-order chi connectivity index (χ1) is 26.9. The van der Waals surface area contributed by atoms with Crippen LogP contribution in [0.25, 0.3) is 0 Å². The van der Waals surface area contributed by atoms with Gasteiger partial charge in [0.15, 0.2) is 0 Å². The summed E-state index contributed by atoms with van der Waals surface area (Å²) >= 11 is 0. The third-order valence-corrected chi connectivity index (χ3v) is 11.1. The van der Waals surface area contributed by atoms with Gasteiger partial charge in [-0.05, 0) is 95.7 Å². The van der Waals surface area contributed by atoms with Gasteiger partial charge in [-0.15, -0.1) is 0 Å². The predicted octanol–water partition coefficient (Wildman–Crippen LogP) is 9.47. The standard InChI is InChI=1S/C22H26F6N2O3.C17H18F6N2O/c1-13-11-30(18(32)33-19(2,3)4)16(14-6-5-7-15(10-14)21(23,24)25)12-29(13)17(31)20(8-9-20)22(26,27)28;1-10-8-24-13(11-3-2-4-12(7-11)16(18,19)20)9-25(10)14(26)15(5-6-15)17(21,22)23/h5-7,10,13,16H,8-9,11-12H2,1-4H3;2-4,7,10,13,24H,5-6,8-9H2,1H3/t13-,16-;10-,13?/m11/s1. The lowest BCUT2D eigenvalue weighted by Crippen LogP contribution is -2.59.